The van der Waals surface area contributed by atoms with Gasteiger partial charge in [0.25, 0.3) is 0 Å². The van der Waals surface area contributed by atoms with Crippen LogP contribution >= 0.6 is 0 Å². The van der Waals surface area contributed by atoms with E-state index in [1.54, 1.807) is 0 Å². The Hall–Kier alpha value is -0.870. The molecule has 0 saturated carbocycles. The standard InChI is InChI=1S/C54H107NO3/c1-3-5-7-9-11-13-15-17-19-21-23-25-27-29-31-33-35-37-39-41-43-45-47-49-53(57)52(51-56)55-54(58)50-48-46-44-42-40-38-36-34-32-30-28-26-24-22-20-18-16-14-12-10-8-6-4-2/h30,32,52-53,56-57H,3-29,31,33-51H2,1-2H3,(H,55,58)/b32-30-. The van der Waals surface area contributed by atoms with Crippen molar-refractivity contribution in [2.45, 2.75) is 321 Å². The number of amides is 1. The normalized spacial score (nSPS) is 12.8. The molecule has 3 N–H and O–H groups in total. The first-order valence-electron chi connectivity index (χ1n) is 26.9. The van der Waals surface area contributed by atoms with Crippen LogP contribution in [0, 0.1) is 0 Å². The number of carbonyl (C=O) groups is 1. The molecule has 58 heavy (non-hydrogen) atoms. The SMILES string of the molecule is CCCCCCCCCCCCCC/C=C\CCCCCCCCCC(=O)NC(CO)C(O)CCCCCCCCCCCCCCCCCCCCCCCCC. The molecule has 0 aliphatic carbocycles. The summed E-state index contributed by atoms with van der Waals surface area (Å²) in [5.41, 5.74) is 0. The molecular formula is C54H107NO3. The molecule has 0 aliphatic rings. The second-order valence-electron chi connectivity index (χ2n) is 18.7. The first kappa shape index (κ1) is 57.1. The zero-order chi connectivity index (χ0) is 42.1. The lowest BCUT2D eigenvalue weighted by molar-refractivity contribution is -0.123. The van der Waals surface area contributed by atoms with E-state index in [1.807, 2.05) is 0 Å². The number of hydrogen-bond acceptors (Lipinski definition) is 3. The van der Waals surface area contributed by atoms with Crippen LogP contribution in [0.15, 0.2) is 12.2 Å². The quantitative estimate of drug-likeness (QED) is 0.0423. The highest BCUT2D eigenvalue weighted by atomic mass is 16.3. The van der Waals surface area contributed by atoms with E-state index in [9.17, 15) is 15.0 Å². The number of hydrogen-bond donors (Lipinski definition) is 3. The molecule has 0 rings (SSSR count). The Morgan fingerprint density at radius 3 is 0.948 bits per heavy atom. The third kappa shape index (κ3) is 46.2. The molecule has 0 saturated heterocycles. The number of nitrogens with one attached hydrogen (secondary N) is 1. The van der Waals surface area contributed by atoms with Gasteiger partial charge in [-0.3, -0.25) is 4.79 Å². The summed E-state index contributed by atoms with van der Waals surface area (Å²) < 4.78 is 0. The van der Waals surface area contributed by atoms with Crippen LogP contribution in [-0.4, -0.2) is 34.9 Å². The fraction of sp³-hybridized carbons (Fsp3) is 0.944. The maximum atomic E-state index is 12.5. The zero-order valence-corrected chi connectivity index (χ0v) is 39.8. The summed E-state index contributed by atoms with van der Waals surface area (Å²) in [6, 6.07) is -0.536. The van der Waals surface area contributed by atoms with Crippen LogP contribution in [-0.2, 0) is 4.79 Å². The summed E-state index contributed by atoms with van der Waals surface area (Å²) in [6.07, 6.45) is 64.7. The van der Waals surface area contributed by atoms with Crippen LogP contribution in [0.4, 0.5) is 0 Å². The fourth-order valence-electron chi connectivity index (χ4n) is 8.65. The van der Waals surface area contributed by atoms with E-state index in [4.69, 9.17) is 0 Å². The van der Waals surface area contributed by atoms with Crippen LogP contribution in [0.2, 0.25) is 0 Å². The van der Waals surface area contributed by atoms with Crippen molar-refractivity contribution in [1.82, 2.24) is 5.32 Å². The van der Waals surface area contributed by atoms with E-state index in [2.05, 4.69) is 31.3 Å². The van der Waals surface area contributed by atoms with Crippen molar-refractivity contribution in [3.8, 4) is 0 Å². The van der Waals surface area contributed by atoms with E-state index < -0.39 is 12.1 Å². The molecule has 0 heterocycles. The van der Waals surface area contributed by atoms with E-state index in [0.717, 1.165) is 25.7 Å². The second kappa shape index (κ2) is 50.5. The molecule has 1 amide bonds. The first-order valence-corrected chi connectivity index (χ1v) is 26.9. The van der Waals surface area contributed by atoms with Gasteiger partial charge in [-0.25, -0.2) is 0 Å². The number of aliphatic hydroxyl groups is 2. The molecular weight excluding hydrogens is 711 g/mol. The largest absolute Gasteiger partial charge is 0.394 e. The van der Waals surface area contributed by atoms with Crippen molar-refractivity contribution in [1.29, 1.82) is 0 Å². The molecule has 2 unspecified atom stereocenters. The van der Waals surface area contributed by atoms with E-state index in [0.29, 0.717) is 12.8 Å². The maximum absolute atomic E-state index is 12.5. The summed E-state index contributed by atoms with van der Waals surface area (Å²) >= 11 is 0. The van der Waals surface area contributed by atoms with Crippen molar-refractivity contribution in [2.24, 2.45) is 0 Å². The predicted molar refractivity (Wildman–Crippen MR) is 258 cm³/mol. The zero-order valence-electron chi connectivity index (χ0n) is 39.8. The van der Waals surface area contributed by atoms with Crippen LogP contribution in [0.5, 0.6) is 0 Å². The molecule has 0 radical (unpaired) electrons. The smallest absolute Gasteiger partial charge is 0.220 e. The maximum Gasteiger partial charge on any atom is 0.220 e. The topological polar surface area (TPSA) is 69.6 Å². The monoisotopic (exact) mass is 818 g/mol. The summed E-state index contributed by atoms with van der Waals surface area (Å²) in [5, 5.41) is 23.3. The van der Waals surface area contributed by atoms with Crippen molar-refractivity contribution in [2.75, 3.05) is 6.61 Å². The predicted octanol–water partition coefficient (Wildman–Crippen LogP) is 17.4. The molecule has 0 aromatic heterocycles. The minimum absolute atomic E-state index is 0.0299. The molecule has 0 spiro atoms. The van der Waals surface area contributed by atoms with Gasteiger partial charge in [0.05, 0.1) is 18.8 Å². The Morgan fingerprint density at radius 1 is 0.397 bits per heavy atom. The highest BCUT2D eigenvalue weighted by Gasteiger charge is 2.20. The Labute approximate surface area is 365 Å². The lowest BCUT2D eigenvalue weighted by atomic mass is 10.0. The van der Waals surface area contributed by atoms with Gasteiger partial charge in [0.15, 0.2) is 0 Å². The second-order valence-corrected chi connectivity index (χ2v) is 18.7. The molecule has 0 aliphatic heterocycles. The fourth-order valence-corrected chi connectivity index (χ4v) is 8.65. The van der Waals surface area contributed by atoms with Crippen LogP contribution in [0.1, 0.15) is 309 Å². The Morgan fingerprint density at radius 2 is 0.655 bits per heavy atom. The van der Waals surface area contributed by atoms with Gasteiger partial charge in [-0.05, 0) is 38.5 Å². The van der Waals surface area contributed by atoms with Crippen LogP contribution in [0.3, 0.4) is 0 Å². The van der Waals surface area contributed by atoms with Gasteiger partial charge in [0, 0.05) is 6.42 Å². The van der Waals surface area contributed by atoms with Gasteiger partial charge >= 0.3 is 0 Å². The molecule has 0 bridgehead atoms. The summed E-state index contributed by atoms with van der Waals surface area (Å²) in [6.45, 7) is 4.40. The van der Waals surface area contributed by atoms with E-state index in [1.165, 1.54) is 257 Å². The molecule has 346 valence electrons. The number of allylic oxidation sites excluding steroid dienone is 2. The lowest BCUT2D eigenvalue weighted by Crippen LogP contribution is -2.45. The molecule has 4 heteroatoms. The number of unbranched alkanes of at least 4 members (excludes halogenated alkanes) is 41. The van der Waals surface area contributed by atoms with E-state index in [-0.39, 0.29) is 12.5 Å². The van der Waals surface area contributed by atoms with Crippen molar-refractivity contribution < 1.29 is 15.0 Å². The molecule has 0 fully saturated rings. The Kier molecular flexibility index (Phi) is 49.7. The van der Waals surface area contributed by atoms with Gasteiger partial charge < -0.3 is 15.5 Å². The number of rotatable bonds is 50. The van der Waals surface area contributed by atoms with E-state index >= 15 is 0 Å². The lowest BCUT2D eigenvalue weighted by Gasteiger charge is -2.22. The summed E-state index contributed by atoms with van der Waals surface area (Å²) in [5.74, 6) is -0.0299. The van der Waals surface area contributed by atoms with Gasteiger partial charge in [-0.1, -0.05) is 276 Å². The number of carbonyl (C=O) groups excluding carboxylic acids is 1. The van der Waals surface area contributed by atoms with Gasteiger partial charge in [-0.2, -0.15) is 0 Å². The van der Waals surface area contributed by atoms with Gasteiger partial charge in [0.2, 0.25) is 5.91 Å². The Bertz CT molecular complexity index is 799. The van der Waals surface area contributed by atoms with Crippen molar-refractivity contribution >= 4 is 5.91 Å². The third-order valence-corrected chi connectivity index (χ3v) is 12.8. The minimum atomic E-state index is -0.659. The molecule has 4 nitrogen and oxygen atoms in total. The van der Waals surface area contributed by atoms with Crippen LogP contribution in [0.25, 0.3) is 0 Å². The minimum Gasteiger partial charge on any atom is -0.394 e. The van der Waals surface area contributed by atoms with Crippen LogP contribution < -0.4 is 5.32 Å². The summed E-state index contributed by atoms with van der Waals surface area (Å²) in [7, 11) is 0. The highest BCUT2D eigenvalue weighted by Crippen LogP contribution is 2.17. The average Bonchev–Trinajstić information content (AvgIpc) is 3.23. The van der Waals surface area contributed by atoms with Gasteiger partial charge in [-0.15, -0.1) is 0 Å². The first-order chi connectivity index (χ1) is 28.7. The number of aliphatic hydroxyl groups excluding tert-OH is 2. The molecule has 0 aromatic carbocycles. The molecule has 2 atom stereocenters. The van der Waals surface area contributed by atoms with Crippen molar-refractivity contribution in [3.63, 3.8) is 0 Å². The van der Waals surface area contributed by atoms with Crippen molar-refractivity contribution in [3.05, 3.63) is 12.2 Å². The molecule has 0 aromatic rings. The summed E-state index contributed by atoms with van der Waals surface area (Å²) in [4.78, 5) is 12.5. The average molecular weight is 818 g/mol. The third-order valence-electron chi connectivity index (χ3n) is 12.8. The van der Waals surface area contributed by atoms with Gasteiger partial charge in [0.1, 0.15) is 0 Å². The highest BCUT2D eigenvalue weighted by molar-refractivity contribution is 5.76. The Balaban J connectivity index is 3.45.